The first-order valence-corrected chi connectivity index (χ1v) is 8.44. The van der Waals surface area contributed by atoms with Crippen LogP contribution in [0.5, 0.6) is 0 Å². The largest absolute Gasteiger partial charge is 0.377 e. The Balaban J connectivity index is 1.40. The Hall–Kier alpha value is -1.62. The topological polar surface area (TPSA) is 50.4 Å². The van der Waals surface area contributed by atoms with Crippen molar-refractivity contribution in [1.82, 2.24) is 10.6 Å². The van der Waals surface area contributed by atoms with Crippen LogP contribution in [-0.4, -0.2) is 24.8 Å². The third-order valence-corrected chi connectivity index (χ3v) is 5.88. The number of carbonyl (C=O) groups is 1. The van der Waals surface area contributed by atoms with E-state index < -0.39 is 0 Å². The first-order valence-electron chi connectivity index (χ1n) is 8.44. The molecule has 0 bridgehead atoms. The summed E-state index contributed by atoms with van der Waals surface area (Å²) < 4.78 is 19.0. The molecule has 23 heavy (non-hydrogen) atoms. The number of fused-ring (bicyclic) bond motifs is 2. The normalized spacial score (nSPS) is 33.5. The molecular formula is C18H23FN2O2. The van der Waals surface area contributed by atoms with E-state index in [9.17, 15) is 9.18 Å². The molecule has 1 aliphatic heterocycles. The van der Waals surface area contributed by atoms with Crippen LogP contribution in [0.1, 0.15) is 43.9 Å². The van der Waals surface area contributed by atoms with Crippen molar-refractivity contribution in [2.24, 2.45) is 11.3 Å². The highest BCUT2D eigenvalue weighted by Gasteiger charge is 2.59. The van der Waals surface area contributed by atoms with Crippen LogP contribution < -0.4 is 10.6 Å². The van der Waals surface area contributed by atoms with Crippen LogP contribution in [0.4, 0.5) is 9.18 Å². The highest BCUT2D eigenvalue weighted by atomic mass is 19.1. The number of benzene rings is 1. The fourth-order valence-corrected chi connectivity index (χ4v) is 4.69. The zero-order valence-electron chi connectivity index (χ0n) is 13.6. The number of urea groups is 1. The number of hydrogen-bond donors (Lipinski definition) is 2. The van der Waals surface area contributed by atoms with Crippen molar-refractivity contribution in [2.75, 3.05) is 6.61 Å². The first kappa shape index (κ1) is 14.9. The van der Waals surface area contributed by atoms with Gasteiger partial charge in [-0.3, -0.25) is 0 Å². The summed E-state index contributed by atoms with van der Waals surface area (Å²) in [6.45, 7) is 5.09. The van der Waals surface area contributed by atoms with Crippen LogP contribution in [0.2, 0.25) is 0 Å². The Morgan fingerprint density at radius 2 is 2.13 bits per heavy atom. The molecule has 1 aromatic rings. The molecule has 5 heteroatoms. The molecule has 4 atom stereocenters. The monoisotopic (exact) mass is 318 g/mol. The molecule has 124 valence electrons. The zero-order chi connectivity index (χ0) is 16.2. The van der Waals surface area contributed by atoms with Crippen molar-refractivity contribution in [1.29, 1.82) is 0 Å². The molecule has 0 spiro atoms. The minimum absolute atomic E-state index is 0.0186. The second-order valence-corrected chi connectivity index (χ2v) is 7.60. The van der Waals surface area contributed by atoms with E-state index in [4.69, 9.17) is 4.74 Å². The number of carbonyl (C=O) groups excluding carboxylic acids is 1. The zero-order valence-corrected chi connectivity index (χ0v) is 13.6. The predicted molar refractivity (Wildman–Crippen MR) is 84.5 cm³/mol. The quantitative estimate of drug-likeness (QED) is 0.881. The highest BCUT2D eigenvalue weighted by Crippen LogP contribution is 2.52. The molecule has 1 saturated heterocycles. The van der Waals surface area contributed by atoms with E-state index in [1.807, 2.05) is 0 Å². The maximum atomic E-state index is 13.3. The average molecular weight is 318 g/mol. The minimum Gasteiger partial charge on any atom is -0.377 e. The Bertz CT molecular complexity index is 646. The Morgan fingerprint density at radius 3 is 2.96 bits per heavy atom. The Labute approximate surface area is 135 Å². The van der Waals surface area contributed by atoms with E-state index in [2.05, 4.69) is 24.5 Å². The van der Waals surface area contributed by atoms with Crippen molar-refractivity contribution >= 4 is 6.03 Å². The smallest absolute Gasteiger partial charge is 0.315 e. The van der Waals surface area contributed by atoms with E-state index in [-0.39, 0.29) is 35.5 Å². The molecule has 2 amide bonds. The standard InChI is InChI=1S/C18H23FN2O2/c1-18(2)15(13-7-8-23-16(13)18)21-17(22)20-14-6-3-10-9-11(19)4-5-12(10)14/h4-5,9,13-16H,3,6-8H2,1-2H3,(H2,20,21,22)/t13-,14-,15-,16-/m1/s1. The van der Waals surface area contributed by atoms with Crippen LogP contribution in [0.3, 0.4) is 0 Å². The lowest BCUT2D eigenvalue weighted by Gasteiger charge is -2.54. The molecule has 4 rings (SSSR count). The fraction of sp³-hybridized carbons (Fsp3) is 0.611. The molecule has 2 aliphatic carbocycles. The molecule has 3 aliphatic rings. The van der Waals surface area contributed by atoms with E-state index >= 15 is 0 Å². The van der Waals surface area contributed by atoms with Crippen molar-refractivity contribution in [3.8, 4) is 0 Å². The number of halogens is 1. The highest BCUT2D eigenvalue weighted by molar-refractivity contribution is 5.75. The van der Waals surface area contributed by atoms with Gasteiger partial charge in [0.15, 0.2) is 0 Å². The van der Waals surface area contributed by atoms with Crippen LogP contribution in [0, 0.1) is 17.2 Å². The van der Waals surface area contributed by atoms with E-state index in [0.29, 0.717) is 5.92 Å². The van der Waals surface area contributed by atoms with Gasteiger partial charge < -0.3 is 15.4 Å². The van der Waals surface area contributed by atoms with Gasteiger partial charge in [0.1, 0.15) is 5.82 Å². The minimum atomic E-state index is -0.211. The van der Waals surface area contributed by atoms with E-state index in [0.717, 1.165) is 37.0 Å². The summed E-state index contributed by atoms with van der Waals surface area (Å²) in [7, 11) is 0. The number of ether oxygens (including phenoxy) is 1. The first-order chi connectivity index (χ1) is 11.0. The summed E-state index contributed by atoms with van der Waals surface area (Å²) in [6, 6.07) is 4.83. The average Bonchev–Trinajstić information content (AvgIpc) is 3.11. The van der Waals surface area contributed by atoms with Crippen LogP contribution >= 0.6 is 0 Å². The number of hydrogen-bond acceptors (Lipinski definition) is 2. The lowest BCUT2D eigenvalue weighted by atomic mass is 9.57. The number of aryl methyl sites for hydroxylation is 1. The lowest BCUT2D eigenvalue weighted by Crippen LogP contribution is -2.67. The van der Waals surface area contributed by atoms with Gasteiger partial charge in [-0.25, -0.2) is 9.18 Å². The van der Waals surface area contributed by atoms with Gasteiger partial charge >= 0.3 is 6.03 Å². The molecule has 1 aromatic carbocycles. The molecule has 2 fully saturated rings. The van der Waals surface area contributed by atoms with Crippen LogP contribution in [0.15, 0.2) is 18.2 Å². The summed E-state index contributed by atoms with van der Waals surface area (Å²) in [6.07, 6.45) is 2.92. The van der Waals surface area contributed by atoms with Crippen LogP contribution in [-0.2, 0) is 11.2 Å². The van der Waals surface area contributed by atoms with Crippen LogP contribution in [0.25, 0.3) is 0 Å². The van der Waals surface area contributed by atoms with Crippen molar-refractivity contribution < 1.29 is 13.9 Å². The second-order valence-electron chi connectivity index (χ2n) is 7.60. The van der Waals surface area contributed by atoms with Gasteiger partial charge in [-0.15, -0.1) is 0 Å². The van der Waals surface area contributed by atoms with Gasteiger partial charge in [0.05, 0.1) is 12.1 Å². The summed E-state index contributed by atoms with van der Waals surface area (Å²) in [4.78, 5) is 12.4. The molecular weight excluding hydrogens is 295 g/mol. The Kier molecular flexibility index (Phi) is 3.38. The van der Waals surface area contributed by atoms with Crippen molar-refractivity contribution in [2.45, 2.75) is 51.3 Å². The van der Waals surface area contributed by atoms with Gasteiger partial charge in [0, 0.05) is 24.0 Å². The van der Waals surface area contributed by atoms with Gasteiger partial charge in [-0.05, 0) is 42.5 Å². The summed E-state index contributed by atoms with van der Waals surface area (Å²) in [5.74, 6) is 0.220. The third kappa shape index (κ3) is 2.33. The van der Waals surface area contributed by atoms with Gasteiger partial charge in [-0.2, -0.15) is 0 Å². The Morgan fingerprint density at radius 1 is 1.30 bits per heavy atom. The van der Waals surface area contributed by atoms with E-state index in [1.54, 1.807) is 12.1 Å². The van der Waals surface area contributed by atoms with E-state index in [1.165, 1.54) is 6.07 Å². The van der Waals surface area contributed by atoms with Crippen molar-refractivity contribution in [3.63, 3.8) is 0 Å². The number of nitrogens with one attached hydrogen (secondary N) is 2. The number of rotatable bonds is 2. The van der Waals surface area contributed by atoms with Crippen molar-refractivity contribution in [3.05, 3.63) is 35.1 Å². The molecule has 0 aromatic heterocycles. The van der Waals surface area contributed by atoms with Gasteiger partial charge in [0.25, 0.3) is 0 Å². The molecule has 0 unspecified atom stereocenters. The third-order valence-electron chi connectivity index (χ3n) is 5.88. The maximum absolute atomic E-state index is 13.3. The van der Waals surface area contributed by atoms with Gasteiger partial charge in [0.2, 0.25) is 0 Å². The lowest BCUT2D eigenvalue weighted by molar-refractivity contribution is -0.108. The second kappa shape index (κ2) is 5.20. The molecule has 2 N–H and O–H groups in total. The summed E-state index contributed by atoms with van der Waals surface area (Å²) >= 11 is 0. The molecule has 4 nitrogen and oxygen atoms in total. The number of amides is 2. The molecule has 1 heterocycles. The summed E-state index contributed by atoms with van der Waals surface area (Å²) in [5.41, 5.74) is 2.02. The molecule has 1 saturated carbocycles. The molecule has 0 radical (unpaired) electrons. The SMILES string of the molecule is CC1(C)[C@H](NC(=O)N[C@@H]2CCc3cc(F)ccc32)[C@H]2CCO[C@H]21. The maximum Gasteiger partial charge on any atom is 0.315 e. The summed E-state index contributed by atoms with van der Waals surface area (Å²) in [5, 5.41) is 6.20. The predicted octanol–water partition coefficient (Wildman–Crippen LogP) is 2.93. The fourth-order valence-electron chi connectivity index (χ4n) is 4.69. The van der Waals surface area contributed by atoms with Gasteiger partial charge in [-0.1, -0.05) is 19.9 Å².